The number of hydrogen-bond donors (Lipinski definition) is 2. The summed E-state index contributed by atoms with van der Waals surface area (Å²) in [6, 6.07) is 14.9. The molecule has 0 aliphatic rings. The number of primary sulfonamides is 1. The molecule has 3 aromatic rings. The number of sulfonamides is 1. The molecular weight excluding hydrogens is 440 g/mol. The van der Waals surface area contributed by atoms with Crippen LogP contribution in [0.3, 0.4) is 0 Å². The van der Waals surface area contributed by atoms with Crippen LogP contribution in [-0.2, 0) is 14.8 Å². The number of nitrogens with zero attached hydrogens (tertiary/aromatic N) is 2. The van der Waals surface area contributed by atoms with E-state index in [1.54, 1.807) is 36.4 Å². The quantitative estimate of drug-likeness (QED) is 0.416. The Bertz CT molecular complexity index is 1220. The van der Waals surface area contributed by atoms with Crippen LogP contribution in [0.25, 0.3) is 5.69 Å². The Hall–Kier alpha value is -3.14. The van der Waals surface area contributed by atoms with E-state index < -0.39 is 15.9 Å². The Kier molecular flexibility index (Phi) is 6.79. The van der Waals surface area contributed by atoms with Gasteiger partial charge in [-0.15, -0.1) is 0 Å². The number of halogens is 1. The number of aryl methyl sites for hydroxylation is 1. The van der Waals surface area contributed by atoms with Gasteiger partial charge in [0.25, 0.3) is 5.91 Å². The Balaban J connectivity index is 1.65. The van der Waals surface area contributed by atoms with Crippen molar-refractivity contribution in [3.8, 4) is 11.4 Å². The maximum Gasteiger partial charge on any atom is 0.277 e. The summed E-state index contributed by atoms with van der Waals surface area (Å²) in [7, 11) is -3.75. The van der Waals surface area contributed by atoms with Crippen molar-refractivity contribution >= 4 is 33.7 Å². The predicted molar refractivity (Wildman–Crippen MR) is 119 cm³/mol. The van der Waals surface area contributed by atoms with E-state index in [1.165, 1.54) is 18.3 Å². The summed E-state index contributed by atoms with van der Waals surface area (Å²) in [5.41, 5.74) is 5.79. The molecule has 8 nitrogen and oxygen atoms in total. The van der Waals surface area contributed by atoms with Gasteiger partial charge in [0.15, 0.2) is 6.61 Å². The number of nitrogens with two attached hydrogens (primary N) is 1. The zero-order valence-corrected chi connectivity index (χ0v) is 18.4. The third-order valence-corrected chi connectivity index (χ3v) is 5.65. The topological polar surface area (TPSA) is 116 Å². The van der Waals surface area contributed by atoms with Crippen LogP contribution >= 0.6 is 11.6 Å². The molecule has 31 heavy (non-hydrogen) atoms. The average Bonchev–Trinajstić information content (AvgIpc) is 3.00. The molecule has 10 heteroatoms. The highest BCUT2D eigenvalue weighted by atomic mass is 35.5. The number of benzene rings is 2. The molecule has 2 aromatic carbocycles. The van der Waals surface area contributed by atoms with E-state index in [9.17, 15) is 13.2 Å². The molecule has 0 aliphatic carbocycles. The minimum atomic E-state index is -3.75. The van der Waals surface area contributed by atoms with Crippen LogP contribution in [0.4, 0.5) is 0 Å². The SMILES string of the molecule is Cc1cc(/C=N\NC(=O)COc2ccc(Cl)cc2)c(C)n1-c1ccc(S(N)(=O)=O)cc1. The molecule has 0 fully saturated rings. The summed E-state index contributed by atoms with van der Waals surface area (Å²) >= 11 is 5.81. The van der Waals surface area contributed by atoms with Gasteiger partial charge in [0.1, 0.15) is 5.75 Å². The lowest BCUT2D eigenvalue weighted by molar-refractivity contribution is -0.123. The third kappa shape index (κ3) is 5.72. The molecular formula is C21H21ClN4O4S. The van der Waals surface area contributed by atoms with Gasteiger partial charge < -0.3 is 9.30 Å². The van der Waals surface area contributed by atoms with Crippen molar-refractivity contribution in [2.45, 2.75) is 18.7 Å². The lowest BCUT2D eigenvalue weighted by Crippen LogP contribution is -2.24. The number of hydrazone groups is 1. The smallest absolute Gasteiger partial charge is 0.277 e. The first kappa shape index (κ1) is 22.5. The molecule has 0 saturated heterocycles. The molecule has 0 spiro atoms. The van der Waals surface area contributed by atoms with Gasteiger partial charge in [-0.3, -0.25) is 4.79 Å². The molecule has 0 unspecified atom stereocenters. The molecule has 0 bridgehead atoms. The van der Waals surface area contributed by atoms with Crippen LogP contribution < -0.4 is 15.3 Å². The normalized spacial score (nSPS) is 11.6. The van der Waals surface area contributed by atoms with Crippen molar-refractivity contribution in [3.05, 3.63) is 76.6 Å². The number of ether oxygens (including phenoxy) is 1. The number of hydrogen-bond acceptors (Lipinski definition) is 5. The van der Waals surface area contributed by atoms with Gasteiger partial charge in [0.2, 0.25) is 10.0 Å². The van der Waals surface area contributed by atoms with Crippen molar-refractivity contribution < 1.29 is 17.9 Å². The minimum absolute atomic E-state index is 0.0454. The summed E-state index contributed by atoms with van der Waals surface area (Å²) < 4.78 is 30.2. The predicted octanol–water partition coefficient (Wildman–Crippen LogP) is 2.92. The molecule has 1 aromatic heterocycles. The molecule has 0 radical (unpaired) electrons. The average molecular weight is 461 g/mol. The fourth-order valence-electron chi connectivity index (χ4n) is 2.99. The second kappa shape index (κ2) is 9.34. The van der Waals surface area contributed by atoms with Crippen molar-refractivity contribution in [1.82, 2.24) is 9.99 Å². The number of carbonyl (C=O) groups excluding carboxylic acids is 1. The first-order valence-electron chi connectivity index (χ1n) is 9.17. The molecule has 1 amide bonds. The molecule has 0 saturated carbocycles. The Morgan fingerprint density at radius 3 is 2.42 bits per heavy atom. The number of aromatic nitrogens is 1. The number of rotatable bonds is 7. The van der Waals surface area contributed by atoms with Crippen molar-refractivity contribution in [3.63, 3.8) is 0 Å². The minimum Gasteiger partial charge on any atom is -0.484 e. The number of amides is 1. The van der Waals surface area contributed by atoms with E-state index >= 15 is 0 Å². The lowest BCUT2D eigenvalue weighted by Gasteiger charge is -2.10. The second-order valence-electron chi connectivity index (χ2n) is 6.74. The third-order valence-electron chi connectivity index (χ3n) is 4.47. The zero-order valence-electron chi connectivity index (χ0n) is 16.9. The molecule has 1 heterocycles. The fraction of sp³-hybridized carbons (Fsp3) is 0.143. The molecule has 3 N–H and O–H groups in total. The highest BCUT2D eigenvalue weighted by molar-refractivity contribution is 7.89. The van der Waals surface area contributed by atoms with E-state index in [-0.39, 0.29) is 11.5 Å². The summed E-state index contributed by atoms with van der Waals surface area (Å²) in [5, 5.41) is 9.72. The Labute approximate surface area is 185 Å². The van der Waals surface area contributed by atoms with Gasteiger partial charge in [-0.05, 0) is 68.4 Å². The van der Waals surface area contributed by atoms with Crippen LogP contribution in [0, 0.1) is 13.8 Å². The Morgan fingerprint density at radius 2 is 1.81 bits per heavy atom. The first-order valence-corrected chi connectivity index (χ1v) is 11.1. The van der Waals surface area contributed by atoms with Crippen molar-refractivity contribution in [2.75, 3.05) is 6.61 Å². The second-order valence-corrected chi connectivity index (χ2v) is 8.73. The maximum atomic E-state index is 11.9. The zero-order chi connectivity index (χ0) is 22.6. The Morgan fingerprint density at radius 1 is 1.16 bits per heavy atom. The van der Waals surface area contributed by atoms with Crippen LogP contribution in [0.15, 0.2) is 64.6 Å². The fourth-order valence-corrected chi connectivity index (χ4v) is 3.63. The van der Waals surface area contributed by atoms with E-state index in [1.807, 2.05) is 24.5 Å². The van der Waals surface area contributed by atoms with E-state index in [0.29, 0.717) is 10.8 Å². The highest BCUT2D eigenvalue weighted by Gasteiger charge is 2.12. The standard InChI is InChI=1S/C21H21ClN4O4S/c1-14-11-16(12-24-25-21(27)13-30-19-7-3-17(22)4-8-19)15(2)26(14)18-5-9-20(10-6-18)31(23,28)29/h3-12H,13H2,1-2H3,(H,25,27)(H2,23,28,29)/b24-12-. The first-order chi connectivity index (χ1) is 14.6. The van der Waals surface area contributed by atoms with Crippen LogP contribution in [0.2, 0.25) is 5.02 Å². The number of carbonyl (C=O) groups is 1. The van der Waals surface area contributed by atoms with Gasteiger partial charge in [-0.25, -0.2) is 19.0 Å². The van der Waals surface area contributed by atoms with Crippen LogP contribution in [0.1, 0.15) is 17.0 Å². The van der Waals surface area contributed by atoms with E-state index in [4.69, 9.17) is 21.5 Å². The number of nitrogens with one attached hydrogen (secondary N) is 1. The van der Waals surface area contributed by atoms with E-state index in [2.05, 4.69) is 10.5 Å². The van der Waals surface area contributed by atoms with Crippen molar-refractivity contribution in [1.29, 1.82) is 0 Å². The summed E-state index contributed by atoms with van der Waals surface area (Å²) in [6.07, 6.45) is 1.54. The van der Waals surface area contributed by atoms with Gasteiger partial charge in [-0.2, -0.15) is 5.10 Å². The van der Waals surface area contributed by atoms with Gasteiger partial charge in [0.05, 0.1) is 11.1 Å². The van der Waals surface area contributed by atoms with E-state index in [0.717, 1.165) is 22.6 Å². The largest absolute Gasteiger partial charge is 0.484 e. The van der Waals surface area contributed by atoms with Crippen LogP contribution in [0.5, 0.6) is 5.75 Å². The van der Waals surface area contributed by atoms with Gasteiger partial charge in [-0.1, -0.05) is 11.6 Å². The van der Waals surface area contributed by atoms with Crippen molar-refractivity contribution in [2.24, 2.45) is 10.2 Å². The molecule has 3 rings (SSSR count). The lowest BCUT2D eigenvalue weighted by atomic mass is 10.2. The molecule has 162 valence electrons. The van der Waals surface area contributed by atoms with Gasteiger partial charge in [0, 0.05) is 27.7 Å². The maximum absolute atomic E-state index is 11.9. The molecule has 0 atom stereocenters. The monoisotopic (exact) mass is 460 g/mol. The summed E-state index contributed by atoms with van der Waals surface area (Å²) in [4.78, 5) is 12.0. The highest BCUT2D eigenvalue weighted by Crippen LogP contribution is 2.21. The summed E-state index contributed by atoms with van der Waals surface area (Å²) in [6.45, 7) is 3.62. The summed E-state index contributed by atoms with van der Waals surface area (Å²) in [5.74, 6) is 0.124. The molecule has 0 aliphatic heterocycles. The van der Waals surface area contributed by atoms with Gasteiger partial charge >= 0.3 is 0 Å². The van der Waals surface area contributed by atoms with Crippen LogP contribution in [-0.4, -0.2) is 31.7 Å².